The summed E-state index contributed by atoms with van der Waals surface area (Å²) in [6.45, 7) is 3.42. The smallest absolute Gasteiger partial charge is 0.163 e. The van der Waals surface area contributed by atoms with Crippen molar-refractivity contribution in [3.05, 3.63) is 12.5 Å². The molecule has 0 spiro atoms. The van der Waals surface area contributed by atoms with Gasteiger partial charge in [0.15, 0.2) is 5.65 Å². The van der Waals surface area contributed by atoms with Gasteiger partial charge in [0.2, 0.25) is 0 Å². The van der Waals surface area contributed by atoms with Crippen molar-refractivity contribution in [2.45, 2.75) is 19.4 Å². The summed E-state index contributed by atoms with van der Waals surface area (Å²) in [4.78, 5) is 11.0. The van der Waals surface area contributed by atoms with E-state index in [-0.39, 0.29) is 0 Å². The van der Waals surface area contributed by atoms with Gasteiger partial charge in [-0.15, -0.1) is 0 Å². The molecule has 0 unspecified atom stereocenters. The number of anilines is 1. The Labute approximate surface area is 99.4 Å². The molecule has 0 bridgehead atoms. The molecule has 2 N–H and O–H groups in total. The van der Waals surface area contributed by atoms with Crippen molar-refractivity contribution in [2.75, 3.05) is 24.5 Å². The molecule has 1 fully saturated rings. The van der Waals surface area contributed by atoms with Crippen LogP contribution in [0.5, 0.6) is 0 Å². The van der Waals surface area contributed by atoms with Crippen molar-refractivity contribution in [2.24, 2.45) is 5.73 Å². The number of rotatable bonds is 3. The molecule has 3 rings (SSSR count). The monoisotopic (exact) mass is 232 g/mol. The summed E-state index contributed by atoms with van der Waals surface area (Å²) in [6.07, 6.45) is 5.94. The second-order valence-corrected chi connectivity index (χ2v) is 4.29. The highest BCUT2D eigenvalue weighted by molar-refractivity contribution is 5.86. The fraction of sp³-hybridized carbons (Fsp3) is 0.545. The first-order valence-electron chi connectivity index (χ1n) is 6.01. The number of nitrogens with zero attached hydrogens (tertiary/aromatic N) is 5. The minimum absolute atomic E-state index is 0.569. The summed E-state index contributed by atoms with van der Waals surface area (Å²) in [6, 6.07) is 0. The molecular weight excluding hydrogens is 216 g/mol. The zero-order valence-corrected chi connectivity index (χ0v) is 9.71. The molecule has 1 saturated heterocycles. The van der Waals surface area contributed by atoms with Crippen molar-refractivity contribution in [3.63, 3.8) is 0 Å². The molecule has 0 aliphatic carbocycles. The summed E-state index contributed by atoms with van der Waals surface area (Å²) in [7, 11) is 0. The Hall–Kier alpha value is -1.69. The van der Waals surface area contributed by atoms with E-state index in [9.17, 15) is 0 Å². The summed E-state index contributed by atoms with van der Waals surface area (Å²) in [5.74, 6) is 1.01. The van der Waals surface area contributed by atoms with Gasteiger partial charge in [-0.25, -0.2) is 14.6 Å². The second-order valence-electron chi connectivity index (χ2n) is 4.29. The Kier molecular flexibility index (Phi) is 2.64. The van der Waals surface area contributed by atoms with Gasteiger partial charge in [-0.1, -0.05) is 0 Å². The van der Waals surface area contributed by atoms with E-state index in [0.29, 0.717) is 13.1 Å². The van der Waals surface area contributed by atoms with Crippen LogP contribution in [0.25, 0.3) is 11.0 Å². The zero-order valence-electron chi connectivity index (χ0n) is 9.71. The largest absolute Gasteiger partial charge is 0.356 e. The minimum Gasteiger partial charge on any atom is -0.356 e. The van der Waals surface area contributed by atoms with Gasteiger partial charge in [-0.2, -0.15) is 5.10 Å². The average Bonchev–Trinajstić information content (AvgIpc) is 2.98. The number of hydrogen-bond donors (Lipinski definition) is 1. The van der Waals surface area contributed by atoms with Crippen LogP contribution >= 0.6 is 0 Å². The van der Waals surface area contributed by atoms with Crippen molar-refractivity contribution in [3.8, 4) is 0 Å². The molecule has 2 aromatic rings. The third kappa shape index (κ3) is 1.74. The summed E-state index contributed by atoms with van der Waals surface area (Å²) in [5, 5.41) is 5.36. The molecule has 17 heavy (non-hydrogen) atoms. The molecule has 1 aliphatic heterocycles. The SMILES string of the molecule is NCCn1ncc2c(N3CCCC3)ncnc21. The maximum absolute atomic E-state index is 5.56. The topological polar surface area (TPSA) is 72.9 Å². The predicted octanol–water partition coefficient (Wildman–Crippen LogP) is 0.385. The highest BCUT2D eigenvalue weighted by Gasteiger charge is 2.18. The van der Waals surface area contributed by atoms with E-state index in [1.807, 2.05) is 10.9 Å². The van der Waals surface area contributed by atoms with Crippen molar-refractivity contribution >= 4 is 16.9 Å². The molecule has 0 saturated carbocycles. The Morgan fingerprint density at radius 2 is 2.06 bits per heavy atom. The van der Waals surface area contributed by atoms with Crippen LogP contribution in [0.1, 0.15) is 12.8 Å². The molecule has 0 amide bonds. The number of hydrogen-bond acceptors (Lipinski definition) is 5. The van der Waals surface area contributed by atoms with Crippen molar-refractivity contribution in [1.82, 2.24) is 19.7 Å². The summed E-state index contributed by atoms with van der Waals surface area (Å²) >= 11 is 0. The Balaban J connectivity index is 2.06. The van der Waals surface area contributed by atoms with Gasteiger partial charge in [0.1, 0.15) is 12.1 Å². The van der Waals surface area contributed by atoms with Gasteiger partial charge in [0, 0.05) is 19.6 Å². The summed E-state index contributed by atoms with van der Waals surface area (Å²) in [5.41, 5.74) is 6.44. The Morgan fingerprint density at radius 1 is 1.24 bits per heavy atom. The second kappa shape index (κ2) is 4.29. The molecule has 0 atom stereocenters. The van der Waals surface area contributed by atoms with E-state index >= 15 is 0 Å². The van der Waals surface area contributed by atoms with Crippen molar-refractivity contribution < 1.29 is 0 Å². The first-order valence-corrected chi connectivity index (χ1v) is 6.01. The van der Waals surface area contributed by atoms with Crippen LogP contribution in [0.3, 0.4) is 0 Å². The van der Waals surface area contributed by atoms with Gasteiger partial charge in [0.25, 0.3) is 0 Å². The lowest BCUT2D eigenvalue weighted by Crippen LogP contribution is -2.19. The van der Waals surface area contributed by atoms with E-state index in [2.05, 4.69) is 20.0 Å². The third-order valence-corrected chi connectivity index (χ3v) is 3.16. The molecule has 0 aromatic carbocycles. The molecule has 2 aromatic heterocycles. The van der Waals surface area contributed by atoms with Gasteiger partial charge in [-0.05, 0) is 12.8 Å². The van der Waals surface area contributed by atoms with E-state index in [4.69, 9.17) is 5.73 Å². The van der Waals surface area contributed by atoms with Crippen LogP contribution in [-0.2, 0) is 6.54 Å². The van der Waals surface area contributed by atoms with E-state index < -0.39 is 0 Å². The lowest BCUT2D eigenvalue weighted by Gasteiger charge is -2.16. The highest BCUT2D eigenvalue weighted by atomic mass is 15.3. The standard InChI is InChI=1S/C11H16N6/c12-3-6-17-11-9(7-15-17)10(13-8-14-11)16-4-1-2-5-16/h7-8H,1-6,12H2. The van der Waals surface area contributed by atoms with Gasteiger partial charge in [0.05, 0.1) is 18.1 Å². The van der Waals surface area contributed by atoms with Crippen LogP contribution in [-0.4, -0.2) is 39.4 Å². The number of fused-ring (bicyclic) bond motifs is 1. The maximum atomic E-state index is 5.56. The predicted molar refractivity (Wildman–Crippen MR) is 65.8 cm³/mol. The molecule has 0 radical (unpaired) electrons. The van der Waals surface area contributed by atoms with Crippen LogP contribution in [0.4, 0.5) is 5.82 Å². The molecular formula is C11H16N6. The quantitative estimate of drug-likeness (QED) is 0.828. The van der Waals surface area contributed by atoms with Crippen LogP contribution in [0.15, 0.2) is 12.5 Å². The van der Waals surface area contributed by atoms with Crippen LogP contribution < -0.4 is 10.6 Å². The van der Waals surface area contributed by atoms with E-state index in [0.717, 1.165) is 29.9 Å². The first kappa shape index (κ1) is 10.5. The summed E-state index contributed by atoms with van der Waals surface area (Å²) < 4.78 is 1.84. The molecule has 6 heteroatoms. The zero-order chi connectivity index (χ0) is 11.7. The number of aromatic nitrogens is 4. The van der Waals surface area contributed by atoms with Gasteiger partial charge >= 0.3 is 0 Å². The minimum atomic E-state index is 0.569. The van der Waals surface area contributed by atoms with Crippen LogP contribution in [0.2, 0.25) is 0 Å². The molecule has 90 valence electrons. The highest BCUT2D eigenvalue weighted by Crippen LogP contribution is 2.25. The fourth-order valence-corrected chi connectivity index (χ4v) is 2.35. The average molecular weight is 232 g/mol. The fourth-order valence-electron chi connectivity index (χ4n) is 2.35. The first-order chi connectivity index (χ1) is 8.40. The number of nitrogens with two attached hydrogens (primary N) is 1. The van der Waals surface area contributed by atoms with Crippen LogP contribution in [0, 0.1) is 0 Å². The normalized spacial score (nSPS) is 15.9. The maximum Gasteiger partial charge on any atom is 0.163 e. The molecule has 3 heterocycles. The van der Waals surface area contributed by atoms with Crippen molar-refractivity contribution in [1.29, 1.82) is 0 Å². The van der Waals surface area contributed by atoms with E-state index in [1.54, 1.807) is 6.33 Å². The lowest BCUT2D eigenvalue weighted by molar-refractivity contribution is 0.640. The lowest BCUT2D eigenvalue weighted by atomic mass is 10.3. The third-order valence-electron chi connectivity index (χ3n) is 3.16. The Morgan fingerprint density at radius 3 is 2.82 bits per heavy atom. The molecule has 6 nitrogen and oxygen atoms in total. The molecule has 1 aliphatic rings. The van der Waals surface area contributed by atoms with Gasteiger partial charge < -0.3 is 10.6 Å². The van der Waals surface area contributed by atoms with E-state index in [1.165, 1.54) is 12.8 Å². The van der Waals surface area contributed by atoms with Gasteiger partial charge in [-0.3, -0.25) is 0 Å². The Bertz CT molecular complexity index is 514.